The number of hydrogen-bond donors (Lipinski definition) is 6. The number of phosphoric ester groups is 2. The van der Waals surface area contributed by atoms with E-state index in [4.69, 9.17) is 37.0 Å². The lowest BCUT2D eigenvalue weighted by Gasteiger charge is -2.22. The van der Waals surface area contributed by atoms with Crippen LogP contribution < -0.4 is 21.3 Å². The summed E-state index contributed by atoms with van der Waals surface area (Å²) in [7, 11) is -9.59. The van der Waals surface area contributed by atoms with E-state index in [0.29, 0.717) is 64.2 Å². The lowest BCUT2D eigenvalue weighted by atomic mass is 10.0. The average molecular weight is 1630 g/mol. The number of nitrogens with one attached hydrogen (secondary N) is 4. The number of Topliss-reactive ketones (excluding diaryl/α,β-unsaturated/α-hetero) is 2. The van der Waals surface area contributed by atoms with E-state index in [-0.39, 0.29) is 102 Å². The molecule has 0 rings (SSSR count). The molecule has 112 heavy (non-hydrogen) atoms. The van der Waals surface area contributed by atoms with Crippen LogP contribution in [0.15, 0.2) is 24.3 Å². The molecule has 0 aliphatic heterocycles. The summed E-state index contributed by atoms with van der Waals surface area (Å²) >= 11 is 0. The summed E-state index contributed by atoms with van der Waals surface area (Å²) in [6, 6.07) is -1.97. The number of carbonyl (C=O) groups is 8. The second-order valence-electron chi connectivity index (χ2n) is 30.3. The zero-order valence-electron chi connectivity index (χ0n) is 71.0. The van der Waals surface area contributed by atoms with Gasteiger partial charge in [-0.15, -0.1) is 0 Å². The van der Waals surface area contributed by atoms with E-state index < -0.39 is 90.0 Å². The maximum Gasteiger partial charge on any atom is 0.472 e. The molecule has 6 N–H and O–H groups in total. The molecule has 0 saturated carbocycles. The molecule has 0 fully saturated rings. The van der Waals surface area contributed by atoms with Gasteiger partial charge in [0, 0.05) is 64.5 Å². The van der Waals surface area contributed by atoms with Crippen molar-refractivity contribution >= 4 is 62.8 Å². The van der Waals surface area contributed by atoms with Gasteiger partial charge in [-0.3, -0.25) is 56.5 Å². The van der Waals surface area contributed by atoms with Crippen LogP contribution in [0.4, 0.5) is 0 Å². The lowest BCUT2D eigenvalue weighted by molar-refractivity contribution is -0.151. The van der Waals surface area contributed by atoms with E-state index >= 15 is 0 Å². The average Bonchev–Trinajstić information content (AvgIpc) is 0.913. The number of ether oxygens (including phenoxy) is 4. The molecule has 0 aliphatic rings. The molecule has 6 atom stereocenters. The molecule has 654 valence electrons. The van der Waals surface area contributed by atoms with Gasteiger partial charge in [-0.05, 0) is 89.9 Å². The number of ketones is 2. The first-order chi connectivity index (χ1) is 54.2. The van der Waals surface area contributed by atoms with E-state index in [0.717, 1.165) is 141 Å². The summed E-state index contributed by atoms with van der Waals surface area (Å²) in [4.78, 5) is 125. The summed E-state index contributed by atoms with van der Waals surface area (Å²) in [5, 5.41) is 10.4. The van der Waals surface area contributed by atoms with Gasteiger partial charge in [0.25, 0.3) is 0 Å². The maximum atomic E-state index is 13.3. The van der Waals surface area contributed by atoms with E-state index in [1.165, 1.54) is 103 Å². The Morgan fingerprint density at radius 1 is 0.312 bits per heavy atom. The van der Waals surface area contributed by atoms with Crippen LogP contribution >= 0.6 is 15.6 Å². The Labute approximate surface area is 677 Å². The standard InChI is InChI=1S/C86H160N4O20P2/c1-7-13-19-25-29-33-37-43-47-53-77(91)69-83(95)89-75(71-103-65-61-79(55-49-41-23-17-11-5)109-85(97)57-51-45-39-35-31-27-21-15-9-3)73-107-111(99,100)105-67-63-87-81(93)59-60-82(94)88-64-68-106-112(101,102)108-74-76(90-84(96)70-78(92)54-48-44-38-34-30-26-20-14-8-2)72-104-66-62-80(56-50-42-24-18-12-6)110-86(98)58-52-46-40-36-32-28-22-16-10-4/h35-36,39-40,75-76,79-80H,7-34,37-38,41-74H2,1-6H3,(H,87,93)(H,88,94)(H,89,95)(H,90,96)(H,99,100)(H,101,102)/b39-35-,40-36-. The van der Waals surface area contributed by atoms with Crippen molar-refractivity contribution in [2.75, 3.05) is 65.9 Å². The largest absolute Gasteiger partial charge is 0.472 e. The Kier molecular flexibility index (Phi) is 75.0. The van der Waals surface area contributed by atoms with Gasteiger partial charge in [0.1, 0.15) is 23.8 Å². The first-order valence-electron chi connectivity index (χ1n) is 44.4. The molecule has 0 radical (unpaired) electrons. The molecule has 0 bridgehead atoms. The summed E-state index contributed by atoms with van der Waals surface area (Å²) < 4.78 is 71.0. The summed E-state index contributed by atoms with van der Waals surface area (Å²) in [5.74, 6) is -3.38. The molecule has 0 aromatic carbocycles. The SMILES string of the molecule is CCCCCC/C=C\CCCC(=O)OC(CCCCCCC)CCOCC(COP(=O)(O)OCCNC(=O)CCC(=O)NCCOP(=O)(O)OCC(COCCC(CCCCCCC)OC(=O)CCC/C=C\CCCCCC)NC(=O)CC(=O)CCCCCCCCCCC)NC(=O)CC(=O)CCCCCCCCCCC. The predicted molar refractivity (Wildman–Crippen MR) is 446 cm³/mol. The fourth-order valence-electron chi connectivity index (χ4n) is 12.6. The second kappa shape index (κ2) is 78.0. The van der Waals surface area contributed by atoms with Crippen molar-refractivity contribution < 1.29 is 94.3 Å². The van der Waals surface area contributed by atoms with Gasteiger partial charge in [-0.2, -0.15) is 0 Å². The first-order valence-corrected chi connectivity index (χ1v) is 47.4. The number of rotatable bonds is 85. The fraction of sp³-hybridized carbons (Fsp3) is 0.860. The number of unbranched alkanes of at least 4 members (excludes halogenated alkanes) is 34. The van der Waals surface area contributed by atoms with Gasteiger partial charge < -0.3 is 50.0 Å². The Hall–Kier alpha value is -4.22. The summed E-state index contributed by atoms with van der Waals surface area (Å²) in [6.45, 7) is 10.5. The molecule has 6 unspecified atom stereocenters. The highest BCUT2D eigenvalue weighted by Crippen LogP contribution is 2.44. The van der Waals surface area contributed by atoms with Crippen LogP contribution in [0, 0.1) is 0 Å². The van der Waals surface area contributed by atoms with Gasteiger partial charge in [-0.25, -0.2) is 9.13 Å². The third kappa shape index (κ3) is 74.6. The third-order valence-electron chi connectivity index (χ3n) is 19.3. The first kappa shape index (κ1) is 108. The van der Waals surface area contributed by atoms with E-state index in [1.54, 1.807) is 0 Å². The number of hydrogen-bond acceptors (Lipinski definition) is 18. The van der Waals surface area contributed by atoms with Crippen LogP contribution in [0.5, 0.6) is 0 Å². The normalized spacial score (nSPS) is 13.8. The molecule has 0 aromatic rings. The van der Waals surface area contributed by atoms with E-state index in [2.05, 4.69) is 87.1 Å². The van der Waals surface area contributed by atoms with Crippen molar-refractivity contribution in [3.8, 4) is 0 Å². The molecule has 26 heteroatoms. The topological polar surface area (TPSA) is 333 Å². The summed E-state index contributed by atoms with van der Waals surface area (Å²) in [5.41, 5.74) is 0. The van der Waals surface area contributed by atoms with Gasteiger partial charge in [0.05, 0.1) is 77.8 Å². The quantitative estimate of drug-likeness (QED) is 0.0108. The highest BCUT2D eigenvalue weighted by molar-refractivity contribution is 7.47. The monoisotopic (exact) mass is 1630 g/mol. The number of esters is 2. The smallest absolute Gasteiger partial charge is 0.462 e. The van der Waals surface area contributed by atoms with Gasteiger partial charge in [-0.1, -0.05) is 258 Å². The minimum atomic E-state index is -4.79. The third-order valence-corrected chi connectivity index (χ3v) is 21.3. The summed E-state index contributed by atoms with van der Waals surface area (Å²) in [6.07, 6.45) is 54.1. The maximum absolute atomic E-state index is 13.3. The second-order valence-corrected chi connectivity index (χ2v) is 33.2. The minimum Gasteiger partial charge on any atom is -0.462 e. The van der Waals surface area contributed by atoms with Crippen molar-refractivity contribution in [3.63, 3.8) is 0 Å². The molecule has 0 saturated heterocycles. The lowest BCUT2D eigenvalue weighted by Crippen LogP contribution is -2.42. The van der Waals surface area contributed by atoms with Crippen LogP contribution in [-0.2, 0) is 84.5 Å². The minimum absolute atomic E-state index is 0.139. The fourth-order valence-corrected chi connectivity index (χ4v) is 14.1. The molecule has 24 nitrogen and oxygen atoms in total. The molecule has 0 heterocycles. The van der Waals surface area contributed by atoms with Gasteiger partial charge in [0.15, 0.2) is 0 Å². The van der Waals surface area contributed by atoms with Crippen molar-refractivity contribution in [1.29, 1.82) is 0 Å². The van der Waals surface area contributed by atoms with Crippen molar-refractivity contribution in [2.45, 2.75) is 413 Å². The van der Waals surface area contributed by atoms with Crippen LogP contribution in [0.25, 0.3) is 0 Å². The Bertz CT molecular complexity index is 2340. The van der Waals surface area contributed by atoms with E-state index in [1.807, 2.05) is 0 Å². The van der Waals surface area contributed by atoms with Crippen molar-refractivity contribution in [1.82, 2.24) is 21.3 Å². The zero-order valence-corrected chi connectivity index (χ0v) is 72.8. The van der Waals surface area contributed by atoms with Crippen molar-refractivity contribution in [2.24, 2.45) is 0 Å². The molecular weight excluding hydrogens is 1470 g/mol. The Morgan fingerprint density at radius 3 is 0.938 bits per heavy atom. The number of allylic oxidation sites excluding steroid dienone is 4. The van der Waals surface area contributed by atoms with Crippen molar-refractivity contribution in [3.05, 3.63) is 24.3 Å². The van der Waals surface area contributed by atoms with Crippen LogP contribution in [0.1, 0.15) is 388 Å². The zero-order chi connectivity index (χ0) is 82.5. The van der Waals surface area contributed by atoms with Crippen LogP contribution in [0.2, 0.25) is 0 Å². The highest BCUT2D eigenvalue weighted by atomic mass is 31.2. The number of amides is 4. The number of carbonyl (C=O) groups excluding carboxylic acids is 8. The van der Waals surface area contributed by atoms with Gasteiger partial charge in [0.2, 0.25) is 23.6 Å². The predicted octanol–water partition coefficient (Wildman–Crippen LogP) is 19.7. The van der Waals surface area contributed by atoms with E-state index in [9.17, 15) is 57.3 Å². The highest BCUT2D eigenvalue weighted by Gasteiger charge is 2.28. The van der Waals surface area contributed by atoms with Crippen LogP contribution in [-0.4, -0.2) is 147 Å². The van der Waals surface area contributed by atoms with Crippen LogP contribution in [0.3, 0.4) is 0 Å². The Morgan fingerprint density at radius 2 is 0.607 bits per heavy atom. The molecule has 0 spiro atoms. The molecule has 0 aromatic heterocycles. The molecule has 0 aliphatic carbocycles. The van der Waals surface area contributed by atoms with Gasteiger partial charge >= 0.3 is 27.6 Å². The molecular formula is C86H160N4O20P2. The Balaban J connectivity index is 5.60. The number of phosphoric acid groups is 2. The molecule has 4 amide bonds.